The normalized spacial score (nSPS) is 10.9. The number of aromatic nitrogens is 2. The summed E-state index contributed by atoms with van der Waals surface area (Å²) in [5.74, 6) is -0.00180. The summed E-state index contributed by atoms with van der Waals surface area (Å²) >= 11 is 0. The molecule has 0 radical (unpaired) electrons. The van der Waals surface area contributed by atoms with E-state index >= 15 is 0 Å². The highest BCUT2D eigenvalue weighted by Crippen LogP contribution is 2.18. The molecule has 4 rings (SSSR count). The van der Waals surface area contributed by atoms with Gasteiger partial charge >= 0.3 is 0 Å². The Morgan fingerprint density at radius 2 is 1.64 bits per heavy atom. The van der Waals surface area contributed by atoms with Crippen LogP contribution in [0.5, 0.6) is 0 Å². The van der Waals surface area contributed by atoms with Crippen molar-refractivity contribution in [1.82, 2.24) is 19.8 Å². The second-order valence-electron chi connectivity index (χ2n) is 8.88. The number of amides is 2. The lowest BCUT2D eigenvalue weighted by Gasteiger charge is -2.19. The smallest absolute Gasteiger partial charge is 0.254 e. The van der Waals surface area contributed by atoms with E-state index in [-0.39, 0.29) is 18.0 Å². The average molecular weight is 487 g/mol. The average Bonchev–Trinajstić information content (AvgIpc) is 3.23. The number of nitrogens with zero attached hydrogens (tertiary/aromatic N) is 3. The number of benzene rings is 3. The quantitative estimate of drug-likeness (QED) is 0.304. The third-order valence-corrected chi connectivity index (χ3v) is 6.20. The van der Waals surface area contributed by atoms with Crippen LogP contribution in [0.1, 0.15) is 41.0 Å². The molecule has 7 heteroatoms. The molecule has 0 spiro atoms. The molecule has 0 saturated carbocycles. The molecule has 0 bridgehead atoms. The van der Waals surface area contributed by atoms with Gasteiger partial charge in [0.15, 0.2) is 0 Å². The minimum Gasteiger partial charge on any atom is -0.352 e. The van der Waals surface area contributed by atoms with Crippen molar-refractivity contribution in [1.29, 1.82) is 0 Å². The predicted octanol–water partition coefficient (Wildman–Crippen LogP) is 4.98. The summed E-state index contributed by atoms with van der Waals surface area (Å²) in [6.07, 6.45) is 3.25. The van der Waals surface area contributed by atoms with Crippen LogP contribution in [0.4, 0.5) is 4.39 Å². The molecule has 1 aromatic heterocycles. The summed E-state index contributed by atoms with van der Waals surface area (Å²) in [4.78, 5) is 31.7. The van der Waals surface area contributed by atoms with Gasteiger partial charge in [-0.05, 0) is 42.7 Å². The zero-order chi connectivity index (χ0) is 25.3. The number of nitrogens with one attached hydrogen (secondary N) is 1. The molecule has 36 heavy (non-hydrogen) atoms. The van der Waals surface area contributed by atoms with E-state index in [1.54, 1.807) is 17.0 Å². The first-order chi connectivity index (χ1) is 17.5. The lowest BCUT2D eigenvalue weighted by molar-refractivity contribution is -0.131. The van der Waals surface area contributed by atoms with E-state index in [0.717, 1.165) is 48.1 Å². The Labute approximate surface area is 210 Å². The molecule has 0 fully saturated rings. The summed E-state index contributed by atoms with van der Waals surface area (Å²) < 4.78 is 15.7. The minimum atomic E-state index is -0.516. The topological polar surface area (TPSA) is 67.2 Å². The van der Waals surface area contributed by atoms with Gasteiger partial charge in [0, 0.05) is 26.6 Å². The van der Waals surface area contributed by atoms with E-state index in [9.17, 15) is 14.0 Å². The van der Waals surface area contributed by atoms with Crippen molar-refractivity contribution in [3.63, 3.8) is 0 Å². The number of carbonyl (C=O) groups excluding carboxylic acids is 2. The fraction of sp³-hybridized carbons (Fsp3) is 0.276. The molecule has 0 unspecified atom stereocenters. The van der Waals surface area contributed by atoms with Crippen molar-refractivity contribution in [2.75, 3.05) is 13.6 Å². The number of halogens is 1. The molecule has 4 aromatic rings. The standard InChI is InChI=1S/C29H31FN4O2/c1-33(20-22-12-4-2-5-13-22)28(35)21-34-26-17-10-9-16-25(26)32-27(34)18-6-3-11-19-31-29(36)23-14-7-8-15-24(23)30/h2,4-5,7-10,12-17H,3,6,11,18-21H2,1H3,(H,31,36). The third-order valence-electron chi connectivity index (χ3n) is 6.20. The van der Waals surface area contributed by atoms with E-state index in [2.05, 4.69) is 5.32 Å². The zero-order valence-electron chi connectivity index (χ0n) is 20.5. The largest absolute Gasteiger partial charge is 0.352 e. The SMILES string of the molecule is CN(Cc1ccccc1)C(=O)Cn1c(CCCCCNC(=O)c2ccccc2F)nc2ccccc21. The van der Waals surface area contributed by atoms with Crippen LogP contribution in [0, 0.1) is 5.82 Å². The lowest BCUT2D eigenvalue weighted by Crippen LogP contribution is -2.30. The molecule has 1 N–H and O–H groups in total. The number of carbonyl (C=O) groups is 2. The number of rotatable bonds is 11. The van der Waals surface area contributed by atoms with Crippen LogP contribution in [0.25, 0.3) is 11.0 Å². The van der Waals surface area contributed by atoms with Crippen molar-refractivity contribution in [3.8, 4) is 0 Å². The second kappa shape index (κ2) is 12.1. The zero-order valence-corrected chi connectivity index (χ0v) is 20.5. The maximum Gasteiger partial charge on any atom is 0.254 e. The fourth-order valence-electron chi connectivity index (χ4n) is 4.22. The summed E-state index contributed by atoms with van der Waals surface area (Å²) in [5, 5.41) is 2.78. The van der Waals surface area contributed by atoms with E-state index in [4.69, 9.17) is 4.98 Å². The molecule has 0 aliphatic heterocycles. The third kappa shape index (κ3) is 6.36. The van der Waals surface area contributed by atoms with Gasteiger partial charge in [0.05, 0.1) is 16.6 Å². The Balaban J connectivity index is 1.31. The van der Waals surface area contributed by atoms with Crippen LogP contribution in [-0.2, 0) is 24.3 Å². The molecule has 1 heterocycles. The van der Waals surface area contributed by atoms with E-state index in [1.165, 1.54) is 12.1 Å². The molecule has 0 aliphatic rings. The molecular weight excluding hydrogens is 455 g/mol. The van der Waals surface area contributed by atoms with Gasteiger partial charge < -0.3 is 14.8 Å². The number of unbranched alkanes of at least 4 members (excludes halogenated alkanes) is 2. The number of fused-ring (bicyclic) bond motifs is 1. The first-order valence-electron chi connectivity index (χ1n) is 12.3. The molecule has 3 aromatic carbocycles. The lowest BCUT2D eigenvalue weighted by atomic mass is 10.1. The molecule has 186 valence electrons. The van der Waals surface area contributed by atoms with Gasteiger partial charge in [-0.15, -0.1) is 0 Å². The van der Waals surface area contributed by atoms with E-state index < -0.39 is 11.7 Å². The van der Waals surface area contributed by atoms with E-state index in [0.29, 0.717) is 13.1 Å². The van der Waals surface area contributed by atoms with Crippen LogP contribution in [0.2, 0.25) is 0 Å². The minimum absolute atomic E-state index is 0.0270. The number of para-hydroxylation sites is 2. The Bertz CT molecular complexity index is 1320. The summed E-state index contributed by atoms with van der Waals surface area (Å²) in [7, 11) is 1.82. The number of likely N-dealkylation sites (N-methyl/N-ethyl adjacent to an activating group) is 1. The van der Waals surface area contributed by atoms with Crippen molar-refractivity contribution in [2.45, 2.75) is 38.8 Å². The maximum absolute atomic E-state index is 13.7. The fourth-order valence-corrected chi connectivity index (χ4v) is 4.22. The number of imidazole rings is 1. The van der Waals surface area contributed by atoms with Crippen molar-refractivity contribution in [2.24, 2.45) is 0 Å². The predicted molar refractivity (Wildman–Crippen MR) is 139 cm³/mol. The monoisotopic (exact) mass is 486 g/mol. The Hall–Kier alpha value is -4.00. The maximum atomic E-state index is 13.7. The van der Waals surface area contributed by atoms with E-state index in [1.807, 2.05) is 66.2 Å². The Kier molecular flexibility index (Phi) is 8.44. The van der Waals surface area contributed by atoms with Crippen LogP contribution in [-0.4, -0.2) is 39.9 Å². The Morgan fingerprint density at radius 1 is 0.917 bits per heavy atom. The van der Waals surface area contributed by atoms with Gasteiger partial charge in [0.2, 0.25) is 5.91 Å². The number of aryl methyl sites for hydroxylation is 1. The van der Waals surface area contributed by atoms with Gasteiger partial charge in [-0.3, -0.25) is 9.59 Å². The highest BCUT2D eigenvalue weighted by atomic mass is 19.1. The number of hydrogen-bond acceptors (Lipinski definition) is 3. The molecular formula is C29H31FN4O2. The number of hydrogen-bond donors (Lipinski definition) is 1. The Morgan fingerprint density at radius 3 is 2.44 bits per heavy atom. The summed E-state index contributed by atoms with van der Waals surface area (Å²) in [6.45, 7) is 1.27. The van der Waals surface area contributed by atoms with Crippen LogP contribution >= 0.6 is 0 Å². The molecule has 6 nitrogen and oxygen atoms in total. The van der Waals surface area contributed by atoms with Crippen LogP contribution in [0.3, 0.4) is 0 Å². The van der Waals surface area contributed by atoms with Gasteiger partial charge in [0.1, 0.15) is 18.2 Å². The molecule has 0 atom stereocenters. The van der Waals surface area contributed by atoms with Gasteiger partial charge in [-0.2, -0.15) is 0 Å². The molecule has 0 saturated heterocycles. The first-order valence-corrected chi connectivity index (χ1v) is 12.3. The summed E-state index contributed by atoms with van der Waals surface area (Å²) in [5.41, 5.74) is 2.98. The summed E-state index contributed by atoms with van der Waals surface area (Å²) in [6, 6.07) is 23.8. The highest BCUT2D eigenvalue weighted by molar-refractivity contribution is 5.94. The van der Waals surface area contributed by atoms with Crippen molar-refractivity contribution >= 4 is 22.8 Å². The second-order valence-corrected chi connectivity index (χ2v) is 8.88. The molecule has 0 aliphatic carbocycles. The van der Waals surface area contributed by atoms with Crippen molar-refractivity contribution < 1.29 is 14.0 Å². The van der Waals surface area contributed by atoms with Gasteiger partial charge in [0.25, 0.3) is 5.91 Å². The highest BCUT2D eigenvalue weighted by Gasteiger charge is 2.16. The van der Waals surface area contributed by atoms with Gasteiger partial charge in [-0.25, -0.2) is 9.37 Å². The van der Waals surface area contributed by atoms with Crippen molar-refractivity contribution in [3.05, 3.63) is 102 Å². The van der Waals surface area contributed by atoms with Crippen LogP contribution in [0.15, 0.2) is 78.9 Å². The first kappa shape index (κ1) is 25.1. The van der Waals surface area contributed by atoms with Crippen LogP contribution < -0.4 is 5.32 Å². The molecule has 2 amide bonds. The van der Waals surface area contributed by atoms with Gasteiger partial charge in [-0.1, -0.05) is 61.0 Å².